The van der Waals surface area contributed by atoms with Crippen LogP contribution in [0.25, 0.3) is 0 Å². The van der Waals surface area contributed by atoms with Crippen molar-refractivity contribution in [1.29, 1.82) is 0 Å². The molecule has 0 bridgehead atoms. The van der Waals surface area contributed by atoms with E-state index in [9.17, 15) is 10.1 Å². The quantitative estimate of drug-likeness (QED) is 0.317. The van der Waals surface area contributed by atoms with Crippen LogP contribution in [0.5, 0.6) is 11.5 Å². The lowest BCUT2D eigenvalue weighted by Crippen LogP contribution is -2.64. The minimum Gasteiger partial charge on any atom is -0.457 e. The summed E-state index contributed by atoms with van der Waals surface area (Å²) in [5.74, 6) is 2.40. The highest BCUT2D eigenvalue weighted by atomic mass is 35.5. The average molecular weight is 499 g/mol. The van der Waals surface area contributed by atoms with E-state index in [-0.39, 0.29) is 18.2 Å². The Bertz CT molecular complexity index is 1100. The van der Waals surface area contributed by atoms with Crippen molar-refractivity contribution in [2.45, 2.75) is 44.3 Å². The molecule has 0 radical (unpaired) electrons. The molecule has 0 spiro atoms. The molecular formula is C25H31ClN6O3. The molecule has 4 rings (SSSR count). The molecule has 1 saturated carbocycles. The Morgan fingerprint density at radius 1 is 1.11 bits per heavy atom. The van der Waals surface area contributed by atoms with Crippen molar-refractivity contribution in [3.05, 3.63) is 81.1 Å². The number of ether oxygens (including phenoxy) is 1. The SMILES string of the molecule is NCC1CCC(CC2(N)NC(=NCc3c(Cl)cccc3Oc3ccccc3)NC=C2[N+](=O)[O-])CC1. The van der Waals surface area contributed by atoms with E-state index in [0.29, 0.717) is 46.9 Å². The van der Waals surface area contributed by atoms with E-state index in [2.05, 4.69) is 15.6 Å². The van der Waals surface area contributed by atoms with Crippen molar-refractivity contribution in [3.8, 4) is 11.5 Å². The number of hydrogen-bond donors (Lipinski definition) is 4. The molecule has 0 amide bonds. The number of hydrogen-bond acceptors (Lipinski definition) is 6. The highest BCUT2D eigenvalue weighted by molar-refractivity contribution is 6.31. The Morgan fingerprint density at radius 2 is 1.83 bits per heavy atom. The second-order valence-corrected chi connectivity index (χ2v) is 9.56. The number of nitro groups is 1. The fraction of sp³-hybridized carbons (Fsp3) is 0.400. The van der Waals surface area contributed by atoms with Gasteiger partial charge in [-0.25, -0.2) is 4.99 Å². The molecule has 35 heavy (non-hydrogen) atoms. The number of halogens is 1. The summed E-state index contributed by atoms with van der Waals surface area (Å²) in [6.07, 6.45) is 5.71. The maximum atomic E-state index is 11.7. The normalized spacial score (nSPS) is 25.3. The van der Waals surface area contributed by atoms with Crippen molar-refractivity contribution >= 4 is 17.6 Å². The predicted molar refractivity (Wildman–Crippen MR) is 136 cm³/mol. The third-order valence-electron chi connectivity index (χ3n) is 6.69. The van der Waals surface area contributed by atoms with E-state index in [1.165, 1.54) is 6.20 Å². The van der Waals surface area contributed by atoms with Gasteiger partial charge in [-0.2, -0.15) is 0 Å². The van der Waals surface area contributed by atoms with Crippen LogP contribution in [0.4, 0.5) is 0 Å². The Balaban J connectivity index is 1.51. The molecule has 6 N–H and O–H groups in total. The van der Waals surface area contributed by atoms with Crippen LogP contribution in [0, 0.1) is 22.0 Å². The lowest BCUT2D eigenvalue weighted by atomic mass is 9.77. The molecule has 1 fully saturated rings. The maximum Gasteiger partial charge on any atom is 0.301 e. The van der Waals surface area contributed by atoms with Gasteiger partial charge in [-0.1, -0.05) is 35.9 Å². The first kappa shape index (κ1) is 25.0. The number of para-hydroxylation sites is 1. The van der Waals surface area contributed by atoms with Crippen molar-refractivity contribution in [2.75, 3.05) is 6.54 Å². The van der Waals surface area contributed by atoms with Crippen LogP contribution in [0.15, 0.2) is 65.4 Å². The molecule has 186 valence electrons. The van der Waals surface area contributed by atoms with E-state index in [1.807, 2.05) is 42.5 Å². The van der Waals surface area contributed by atoms with Gasteiger partial charge in [-0.3, -0.25) is 15.8 Å². The van der Waals surface area contributed by atoms with Gasteiger partial charge in [0.2, 0.25) is 0 Å². The van der Waals surface area contributed by atoms with Crippen LogP contribution < -0.4 is 26.8 Å². The Labute approximate surface area is 209 Å². The van der Waals surface area contributed by atoms with Crippen LogP contribution in [-0.4, -0.2) is 23.1 Å². The highest BCUT2D eigenvalue weighted by Crippen LogP contribution is 2.35. The number of aliphatic imine (C=N–C) groups is 1. The molecule has 1 aliphatic carbocycles. The van der Waals surface area contributed by atoms with Gasteiger partial charge >= 0.3 is 5.70 Å². The molecule has 2 aliphatic rings. The van der Waals surface area contributed by atoms with Crippen molar-refractivity contribution in [2.24, 2.45) is 28.3 Å². The molecule has 9 nitrogen and oxygen atoms in total. The van der Waals surface area contributed by atoms with Crippen molar-refractivity contribution in [1.82, 2.24) is 10.6 Å². The summed E-state index contributed by atoms with van der Waals surface area (Å²) < 4.78 is 6.01. The van der Waals surface area contributed by atoms with Gasteiger partial charge in [0.1, 0.15) is 11.5 Å². The van der Waals surface area contributed by atoms with Crippen molar-refractivity contribution < 1.29 is 9.66 Å². The summed E-state index contributed by atoms with van der Waals surface area (Å²) in [4.78, 5) is 15.9. The van der Waals surface area contributed by atoms with Crippen LogP contribution in [-0.2, 0) is 6.54 Å². The maximum absolute atomic E-state index is 11.7. The minimum atomic E-state index is -1.34. The molecule has 1 unspecified atom stereocenters. The van der Waals surface area contributed by atoms with Crippen molar-refractivity contribution in [3.63, 3.8) is 0 Å². The van der Waals surface area contributed by atoms with E-state index in [1.54, 1.807) is 6.07 Å². The molecular weight excluding hydrogens is 468 g/mol. The summed E-state index contributed by atoms with van der Waals surface area (Å²) in [5, 5.41) is 18.2. The summed E-state index contributed by atoms with van der Waals surface area (Å²) in [5.41, 5.74) is 11.7. The molecule has 1 heterocycles. The Kier molecular flexibility index (Phi) is 7.90. The third-order valence-corrected chi connectivity index (χ3v) is 7.05. The molecule has 1 atom stereocenters. The molecule has 2 aromatic rings. The van der Waals surface area contributed by atoms with E-state index in [0.717, 1.165) is 25.7 Å². The zero-order chi connectivity index (χ0) is 24.8. The molecule has 10 heteroatoms. The summed E-state index contributed by atoms with van der Waals surface area (Å²) in [7, 11) is 0. The number of nitrogens with one attached hydrogen (secondary N) is 2. The van der Waals surface area contributed by atoms with E-state index in [4.69, 9.17) is 27.8 Å². The zero-order valence-electron chi connectivity index (χ0n) is 19.5. The van der Waals surface area contributed by atoms with Gasteiger partial charge in [-0.05, 0) is 74.8 Å². The number of benzene rings is 2. The Morgan fingerprint density at radius 3 is 2.51 bits per heavy atom. The van der Waals surface area contributed by atoms with Gasteiger partial charge in [0, 0.05) is 10.6 Å². The average Bonchev–Trinajstić information content (AvgIpc) is 2.84. The number of guanidine groups is 1. The van der Waals surface area contributed by atoms with Gasteiger partial charge in [-0.15, -0.1) is 0 Å². The van der Waals surface area contributed by atoms with E-state index >= 15 is 0 Å². The number of nitrogens with two attached hydrogens (primary N) is 2. The first-order valence-electron chi connectivity index (χ1n) is 11.8. The lowest BCUT2D eigenvalue weighted by Gasteiger charge is -2.37. The first-order valence-corrected chi connectivity index (χ1v) is 12.2. The fourth-order valence-electron chi connectivity index (χ4n) is 4.72. The third kappa shape index (κ3) is 6.11. The molecule has 0 saturated heterocycles. The number of rotatable bonds is 8. The second kappa shape index (κ2) is 11.1. The first-order chi connectivity index (χ1) is 16.9. The molecule has 1 aliphatic heterocycles. The zero-order valence-corrected chi connectivity index (χ0v) is 20.2. The molecule has 0 aromatic heterocycles. The van der Waals surface area contributed by atoms with Crippen LogP contribution in [0.1, 0.15) is 37.7 Å². The van der Waals surface area contributed by atoms with E-state index < -0.39 is 10.6 Å². The van der Waals surface area contributed by atoms with Crippen LogP contribution in [0.2, 0.25) is 5.02 Å². The van der Waals surface area contributed by atoms with Crippen LogP contribution >= 0.6 is 11.6 Å². The monoisotopic (exact) mass is 498 g/mol. The second-order valence-electron chi connectivity index (χ2n) is 9.15. The summed E-state index contributed by atoms with van der Waals surface area (Å²) in [6, 6.07) is 14.8. The topological polar surface area (TPSA) is 141 Å². The predicted octanol–water partition coefficient (Wildman–Crippen LogP) is 4.11. The van der Waals surface area contributed by atoms with Gasteiger partial charge < -0.3 is 21.1 Å². The van der Waals surface area contributed by atoms with Crippen LogP contribution in [0.3, 0.4) is 0 Å². The Hall–Kier alpha value is -3.14. The summed E-state index contributed by atoms with van der Waals surface area (Å²) >= 11 is 6.46. The fourth-order valence-corrected chi connectivity index (χ4v) is 4.95. The summed E-state index contributed by atoms with van der Waals surface area (Å²) in [6.45, 7) is 0.869. The largest absolute Gasteiger partial charge is 0.457 e. The lowest BCUT2D eigenvalue weighted by molar-refractivity contribution is -0.437. The molecule has 2 aromatic carbocycles. The standard InChI is InChI=1S/C25H31ClN6O3/c26-21-7-4-8-22(35-19-5-2-1-3-6-19)20(21)15-29-24-30-16-23(32(33)34)25(28,31-24)13-17-9-11-18(14-27)12-10-17/h1-8,16-18H,9-15,27-28H2,(H2,29,30,31). The minimum absolute atomic E-state index is 0.108. The highest BCUT2D eigenvalue weighted by Gasteiger charge is 2.44. The number of nitrogens with zero attached hydrogens (tertiary/aromatic N) is 2. The van der Waals surface area contributed by atoms with Gasteiger partial charge in [0.25, 0.3) is 0 Å². The van der Waals surface area contributed by atoms with Gasteiger partial charge in [0.05, 0.1) is 17.7 Å². The smallest absolute Gasteiger partial charge is 0.301 e. The van der Waals surface area contributed by atoms with Gasteiger partial charge in [0.15, 0.2) is 11.6 Å².